The summed E-state index contributed by atoms with van der Waals surface area (Å²) in [5.41, 5.74) is 1.35. The van der Waals surface area contributed by atoms with Gasteiger partial charge in [-0.25, -0.2) is 4.39 Å². The van der Waals surface area contributed by atoms with Crippen LogP contribution >= 0.6 is 0 Å². The Balaban J connectivity index is 2.19. The molecule has 1 aliphatic heterocycles. The first-order valence-electron chi connectivity index (χ1n) is 9.54. The van der Waals surface area contributed by atoms with Crippen LogP contribution in [0.4, 0.5) is 4.39 Å². The summed E-state index contributed by atoms with van der Waals surface area (Å²) in [6.45, 7) is 0.579. The summed E-state index contributed by atoms with van der Waals surface area (Å²) in [5, 5.41) is 9.82. The van der Waals surface area contributed by atoms with Crippen LogP contribution in [0.2, 0.25) is 0 Å². The van der Waals surface area contributed by atoms with E-state index in [0.717, 1.165) is 18.4 Å². The number of para-hydroxylation sites is 1. The molecule has 0 radical (unpaired) electrons. The molecule has 0 spiro atoms. The zero-order valence-electron chi connectivity index (χ0n) is 16.9. The highest BCUT2D eigenvalue weighted by Crippen LogP contribution is 2.42. The molecule has 0 saturated carbocycles. The van der Waals surface area contributed by atoms with Crippen molar-refractivity contribution in [2.75, 3.05) is 27.9 Å². The van der Waals surface area contributed by atoms with E-state index in [-0.39, 0.29) is 5.75 Å². The van der Waals surface area contributed by atoms with Gasteiger partial charge in [-0.15, -0.1) is 0 Å². The van der Waals surface area contributed by atoms with Crippen molar-refractivity contribution in [3.8, 4) is 17.2 Å². The van der Waals surface area contributed by atoms with Gasteiger partial charge in [0, 0.05) is 5.56 Å². The van der Waals surface area contributed by atoms with E-state index in [1.54, 1.807) is 25.3 Å². The van der Waals surface area contributed by atoms with Gasteiger partial charge in [0.1, 0.15) is 6.04 Å². The van der Waals surface area contributed by atoms with Crippen LogP contribution < -0.4 is 14.2 Å². The van der Waals surface area contributed by atoms with Gasteiger partial charge < -0.3 is 19.3 Å². The molecular formula is C22H26FNO5. The number of rotatable bonds is 7. The smallest absolute Gasteiger partial charge is 0.320 e. The zero-order chi connectivity index (χ0) is 21.0. The summed E-state index contributed by atoms with van der Waals surface area (Å²) < 4.78 is 30.7. The standard InChI is InChI=1S/C22H26FNO5/c1-27-18-11-10-14(13-16(18)23)20(24-12-5-4-8-17(24)22(25)26)15-7-6-9-19(28-2)21(15)29-3/h6-7,9-11,13,17,20H,4-5,8,12H2,1-3H3,(H,25,26). The number of halogens is 1. The molecule has 1 aliphatic rings. The third kappa shape index (κ3) is 4.15. The molecule has 2 aromatic carbocycles. The lowest BCUT2D eigenvalue weighted by molar-refractivity contribution is -0.145. The minimum Gasteiger partial charge on any atom is -0.494 e. The van der Waals surface area contributed by atoms with E-state index in [1.807, 2.05) is 17.0 Å². The molecule has 1 heterocycles. The summed E-state index contributed by atoms with van der Waals surface area (Å²) in [6, 6.07) is 9.00. The average molecular weight is 403 g/mol. The predicted octanol–water partition coefficient (Wildman–Crippen LogP) is 3.88. The van der Waals surface area contributed by atoms with E-state index in [1.165, 1.54) is 20.3 Å². The number of ether oxygens (including phenoxy) is 3. The molecule has 156 valence electrons. The van der Waals surface area contributed by atoms with Crippen molar-refractivity contribution in [1.82, 2.24) is 4.90 Å². The molecule has 29 heavy (non-hydrogen) atoms. The Labute approximate surface area is 169 Å². The first-order chi connectivity index (χ1) is 14.0. The number of methoxy groups -OCH3 is 3. The summed E-state index contributed by atoms with van der Waals surface area (Å²) in [7, 11) is 4.49. The second kappa shape index (κ2) is 9.13. The van der Waals surface area contributed by atoms with E-state index in [2.05, 4.69) is 0 Å². The fourth-order valence-corrected chi connectivity index (χ4v) is 4.06. The molecule has 0 bridgehead atoms. The molecule has 2 unspecified atom stereocenters. The predicted molar refractivity (Wildman–Crippen MR) is 106 cm³/mol. The van der Waals surface area contributed by atoms with Gasteiger partial charge in [-0.3, -0.25) is 9.69 Å². The molecular weight excluding hydrogens is 377 g/mol. The summed E-state index contributed by atoms with van der Waals surface area (Å²) in [6.07, 6.45) is 2.24. The fourth-order valence-electron chi connectivity index (χ4n) is 4.06. The van der Waals surface area contributed by atoms with Crippen LogP contribution in [0, 0.1) is 5.82 Å². The highest BCUT2D eigenvalue weighted by molar-refractivity contribution is 5.74. The Morgan fingerprint density at radius 3 is 2.48 bits per heavy atom. The lowest BCUT2D eigenvalue weighted by atomic mass is 9.91. The molecule has 0 aromatic heterocycles. The van der Waals surface area contributed by atoms with Crippen LogP contribution in [0.5, 0.6) is 17.2 Å². The molecule has 0 amide bonds. The number of hydrogen-bond acceptors (Lipinski definition) is 5. The quantitative estimate of drug-likeness (QED) is 0.757. The molecule has 6 nitrogen and oxygen atoms in total. The van der Waals surface area contributed by atoms with Crippen molar-refractivity contribution >= 4 is 5.97 Å². The Morgan fingerprint density at radius 1 is 1.10 bits per heavy atom. The molecule has 7 heteroatoms. The molecule has 1 fully saturated rings. The SMILES string of the molecule is COc1ccc(C(c2cccc(OC)c2OC)N2CCCCC2C(=O)O)cc1F. The van der Waals surface area contributed by atoms with Crippen molar-refractivity contribution in [3.05, 3.63) is 53.3 Å². The average Bonchev–Trinajstić information content (AvgIpc) is 2.74. The molecule has 2 aromatic rings. The van der Waals surface area contributed by atoms with Crippen LogP contribution in [-0.4, -0.2) is 49.9 Å². The Bertz CT molecular complexity index is 872. The van der Waals surface area contributed by atoms with E-state index < -0.39 is 23.9 Å². The van der Waals surface area contributed by atoms with E-state index in [9.17, 15) is 14.3 Å². The number of carboxylic acid groups (broad SMARTS) is 1. The number of likely N-dealkylation sites (tertiary alicyclic amines) is 1. The molecule has 0 aliphatic carbocycles. The van der Waals surface area contributed by atoms with E-state index in [0.29, 0.717) is 30.0 Å². The topological polar surface area (TPSA) is 68.2 Å². The van der Waals surface area contributed by atoms with Crippen LogP contribution in [0.25, 0.3) is 0 Å². The monoisotopic (exact) mass is 403 g/mol. The Hall–Kier alpha value is -2.80. The number of aliphatic carboxylic acids is 1. The van der Waals surface area contributed by atoms with Crippen LogP contribution in [0.1, 0.15) is 36.4 Å². The van der Waals surface area contributed by atoms with Gasteiger partial charge in [0.05, 0.1) is 27.4 Å². The van der Waals surface area contributed by atoms with Crippen molar-refractivity contribution in [2.24, 2.45) is 0 Å². The van der Waals surface area contributed by atoms with Gasteiger partial charge in [0.25, 0.3) is 0 Å². The van der Waals surface area contributed by atoms with E-state index in [4.69, 9.17) is 14.2 Å². The van der Waals surface area contributed by atoms with Crippen molar-refractivity contribution < 1.29 is 28.5 Å². The fraction of sp³-hybridized carbons (Fsp3) is 0.409. The van der Waals surface area contributed by atoms with Gasteiger partial charge in [-0.2, -0.15) is 0 Å². The van der Waals surface area contributed by atoms with Gasteiger partial charge >= 0.3 is 5.97 Å². The molecule has 2 atom stereocenters. The number of carbonyl (C=O) groups is 1. The van der Waals surface area contributed by atoms with Crippen LogP contribution in [0.3, 0.4) is 0 Å². The molecule has 1 N–H and O–H groups in total. The van der Waals surface area contributed by atoms with Crippen LogP contribution in [0.15, 0.2) is 36.4 Å². The summed E-state index contributed by atoms with van der Waals surface area (Å²) in [4.78, 5) is 13.9. The van der Waals surface area contributed by atoms with Gasteiger partial charge in [0.2, 0.25) is 0 Å². The Morgan fingerprint density at radius 2 is 1.86 bits per heavy atom. The number of hydrogen-bond donors (Lipinski definition) is 1. The third-order valence-electron chi connectivity index (χ3n) is 5.38. The van der Waals surface area contributed by atoms with Gasteiger partial charge in [-0.05, 0) is 43.1 Å². The molecule has 1 saturated heterocycles. The number of carboxylic acids is 1. The minimum absolute atomic E-state index is 0.138. The van der Waals surface area contributed by atoms with Crippen molar-refractivity contribution in [2.45, 2.75) is 31.3 Å². The van der Waals surface area contributed by atoms with Crippen molar-refractivity contribution in [1.29, 1.82) is 0 Å². The maximum Gasteiger partial charge on any atom is 0.320 e. The lowest BCUT2D eigenvalue weighted by Gasteiger charge is -2.40. The summed E-state index contributed by atoms with van der Waals surface area (Å²) in [5.74, 6) is -0.205. The zero-order valence-corrected chi connectivity index (χ0v) is 16.9. The van der Waals surface area contributed by atoms with Gasteiger partial charge in [-0.1, -0.05) is 24.6 Å². The Kier molecular flexibility index (Phi) is 6.59. The second-order valence-corrected chi connectivity index (χ2v) is 6.97. The first-order valence-corrected chi connectivity index (χ1v) is 9.54. The largest absolute Gasteiger partial charge is 0.494 e. The maximum absolute atomic E-state index is 14.6. The van der Waals surface area contributed by atoms with Crippen molar-refractivity contribution in [3.63, 3.8) is 0 Å². The minimum atomic E-state index is -0.884. The normalized spacial score (nSPS) is 18.1. The lowest BCUT2D eigenvalue weighted by Crippen LogP contribution is -2.47. The highest BCUT2D eigenvalue weighted by Gasteiger charge is 2.37. The number of piperidine rings is 1. The second-order valence-electron chi connectivity index (χ2n) is 6.97. The molecule has 3 rings (SSSR count). The van der Waals surface area contributed by atoms with E-state index >= 15 is 0 Å². The number of benzene rings is 2. The highest BCUT2D eigenvalue weighted by atomic mass is 19.1. The number of nitrogens with zero attached hydrogens (tertiary/aromatic N) is 1. The first kappa shape index (κ1) is 20.9. The maximum atomic E-state index is 14.6. The third-order valence-corrected chi connectivity index (χ3v) is 5.38. The van der Waals surface area contributed by atoms with Gasteiger partial charge in [0.15, 0.2) is 23.1 Å². The van der Waals surface area contributed by atoms with Crippen LogP contribution in [-0.2, 0) is 4.79 Å². The summed E-state index contributed by atoms with van der Waals surface area (Å²) >= 11 is 0.